The van der Waals surface area contributed by atoms with E-state index in [1.165, 1.54) is 36.0 Å². The Bertz CT molecular complexity index is 669. The lowest BCUT2D eigenvalue weighted by atomic mass is 10.3. The van der Waals surface area contributed by atoms with Crippen LogP contribution in [0.2, 0.25) is 0 Å². The Morgan fingerprint density at radius 2 is 2.14 bits per heavy atom. The van der Waals surface area contributed by atoms with Gasteiger partial charge in [-0.2, -0.15) is 0 Å². The number of nitrogens with zero attached hydrogens (tertiary/aromatic N) is 3. The van der Waals surface area contributed by atoms with Crippen LogP contribution in [0.5, 0.6) is 0 Å². The summed E-state index contributed by atoms with van der Waals surface area (Å²) in [6.45, 7) is 7.92. The summed E-state index contributed by atoms with van der Waals surface area (Å²) in [6, 6.07) is 5.65. The summed E-state index contributed by atoms with van der Waals surface area (Å²) in [4.78, 5) is 12.2. The molecule has 0 fully saturated rings. The van der Waals surface area contributed by atoms with Crippen LogP contribution in [-0.2, 0) is 11.3 Å². The van der Waals surface area contributed by atoms with Crippen molar-refractivity contribution >= 4 is 23.4 Å². The second-order valence-electron chi connectivity index (χ2n) is 4.69. The van der Waals surface area contributed by atoms with E-state index in [0.717, 1.165) is 5.82 Å². The molecule has 0 aliphatic carbocycles. The van der Waals surface area contributed by atoms with E-state index in [4.69, 9.17) is 0 Å². The fourth-order valence-electron chi connectivity index (χ4n) is 1.78. The van der Waals surface area contributed by atoms with Crippen molar-refractivity contribution in [2.24, 2.45) is 0 Å². The van der Waals surface area contributed by atoms with Gasteiger partial charge in [-0.3, -0.25) is 4.79 Å². The Labute approximate surface area is 132 Å². The quantitative estimate of drug-likeness (QED) is 0.656. The lowest BCUT2D eigenvalue weighted by Crippen LogP contribution is -2.23. The van der Waals surface area contributed by atoms with Gasteiger partial charge in [0.1, 0.15) is 11.6 Å². The standard InChI is InChI=1S/C15H17FN4OS/c1-4-9-20-11(3)18-19-15(20)22-10(2)14(21)17-13-7-5-12(16)6-8-13/h4-8,10H,1,9H2,2-3H3,(H,17,21)/t10-/m0/s1. The largest absolute Gasteiger partial charge is 0.325 e. The van der Waals surface area contributed by atoms with Crippen molar-refractivity contribution in [2.45, 2.75) is 30.8 Å². The highest BCUT2D eigenvalue weighted by molar-refractivity contribution is 8.00. The number of thioether (sulfide) groups is 1. The molecule has 5 nitrogen and oxygen atoms in total. The van der Waals surface area contributed by atoms with Gasteiger partial charge in [-0.15, -0.1) is 16.8 Å². The molecule has 0 spiro atoms. The van der Waals surface area contributed by atoms with Crippen LogP contribution in [0.25, 0.3) is 0 Å². The molecule has 0 radical (unpaired) electrons. The first kappa shape index (κ1) is 16.2. The number of amides is 1. The molecule has 116 valence electrons. The second-order valence-corrected chi connectivity index (χ2v) is 5.99. The molecule has 7 heteroatoms. The number of aryl methyl sites for hydroxylation is 1. The van der Waals surface area contributed by atoms with E-state index in [9.17, 15) is 9.18 Å². The molecular weight excluding hydrogens is 303 g/mol. The number of nitrogens with one attached hydrogen (secondary N) is 1. The predicted octanol–water partition coefficient (Wildman–Crippen LogP) is 3.03. The number of rotatable bonds is 6. The molecule has 2 aromatic rings. The van der Waals surface area contributed by atoms with Crippen molar-refractivity contribution in [2.75, 3.05) is 5.32 Å². The van der Waals surface area contributed by atoms with Crippen LogP contribution in [0.3, 0.4) is 0 Å². The van der Waals surface area contributed by atoms with Crippen LogP contribution < -0.4 is 5.32 Å². The fourth-order valence-corrected chi connectivity index (χ4v) is 2.68. The molecule has 22 heavy (non-hydrogen) atoms. The molecule has 0 bridgehead atoms. The molecule has 1 heterocycles. The lowest BCUT2D eigenvalue weighted by molar-refractivity contribution is -0.115. The number of carbonyl (C=O) groups is 1. The number of anilines is 1. The Hall–Kier alpha value is -2.15. The molecule has 0 aliphatic heterocycles. The number of carbonyl (C=O) groups excluding carboxylic acids is 1. The summed E-state index contributed by atoms with van der Waals surface area (Å²) in [5.41, 5.74) is 0.558. The van der Waals surface area contributed by atoms with Crippen molar-refractivity contribution in [3.8, 4) is 0 Å². The van der Waals surface area contributed by atoms with Gasteiger partial charge in [-0.25, -0.2) is 4.39 Å². The maximum atomic E-state index is 12.8. The lowest BCUT2D eigenvalue weighted by Gasteiger charge is -2.12. The maximum Gasteiger partial charge on any atom is 0.237 e. The van der Waals surface area contributed by atoms with Gasteiger partial charge < -0.3 is 9.88 Å². The average Bonchev–Trinajstić information content (AvgIpc) is 2.83. The van der Waals surface area contributed by atoms with Gasteiger partial charge in [0.05, 0.1) is 5.25 Å². The van der Waals surface area contributed by atoms with Crippen LogP contribution >= 0.6 is 11.8 Å². The number of benzene rings is 1. The Morgan fingerprint density at radius 1 is 1.45 bits per heavy atom. The molecule has 1 atom stereocenters. The van der Waals surface area contributed by atoms with Crippen LogP contribution in [0.1, 0.15) is 12.7 Å². The van der Waals surface area contributed by atoms with Crippen LogP contribution in [0.4, 0.5) is 10.1 Å². The zero-order valence-electron chi connectivity index (χ0n) is 12.4. The highest BCUT2D eigenvalue weighted by Crippen LogP contribution is 2.23. The summed E-state index contributed by atoms with van der Waals surface area (Å²) in [5.74, 6) is 0.254. The number of aromatic nitrogens is 3. The van der Waals surface area contributed by atoms with E-state index in [2.05, 4.69) is 22.1 Å². The number of hydrogen-bond acceptors (Lipinski definition) is 4. The summed E-state index contributed by atoms with van der Waals surface area (Å²) in [5, 5.41) is 11.1. The molecule has 0 saturated carbocycles. The summed E-state index contributed by atoms with van der Waals surface area (Å²) >= 11 is 1.32. The van der Waals surface area contributed by atoms with Gasteiger partial charge in [0, 0.05) is 12.2 Å². The first-order chi connectivity index (χ1) is 10.5. The molecule has 0 unspecified atom stereocenters. The van der Waals surface area contributed by atoms with E-state index >= 15 is 0 Å². The fraction of sp³-hybridized carbons (Fsp3) is 0.267. The minimum atomic E-state index is -0.364. The Kier molecular flexibility index (Phi) is 5.32. The number of allylic oxidation sites excluding steroid dienone is 1. The van der Waals surface area contributed by atoms with Gasteiger partial charge in [-0.05, 0) is 38.1 Å². The molecule has 0 saturated heterocycles. The van der Waals surface area contributed by atoms with Crippen LogP contribution in [-0.4, -0.2) is 25.9 Å². The molecule has 1 aromatic heterocycles. The molecular formula is C15H17FN4OS. The van der Waals surface area contributed by atoms with Gasteiger partial charge in [0.2, 0.25) is 5.91 Å². The third-order valence-electron chi connectivity index (χ3n) is 2.98. The smallest absolute Gasteiger partial charge is 0.237 e. The van der Waals surface area contributed by atoms with Crippen molar-refractivity contribution < 1.29 is 9.18 Å². The second kappa shape index (κ2) is 7.22. The zero-order chi connectivity index (χ0) is 16.1. The molecule has 1 N–H and O–H groups in total. The van der Waals surface area contributed by atoms with Crippen molar-refractivity contribution in [3.63, 3.8) is 0 Å². The third-order valence-corrected chi connectivity index (χ3v) is 4.06. The minimum absolute atomic E-state index is 0.178. The van der Waals surface area contributed by atoms with Crippen LogP contribution in [0.15, 0.2) is 42.1 Å². The van der Waals surface area contributed by atoms with E-state index in [1.54, 1.807) is 13.0 Å². The predicted molar refractivity (Wildman–Crippen MR) is 85.3 cm³/mol. The van der Waals surface area contributed by atoms with Crippen molar-refractivity contribution in [3.05, 3.63) is 48.6 Å². The Morgan fingerprint density at radius 3 is 2.77 bits per heavy atom. The molecule has 2 rings (SSSR count). The van der Waals surface area contributed by atoms with E-state index in [0.29, 0.717) is 17.4 Å². The molecule has 1 amide bonds. The normalized spacial score (nSPS) is 12.0. The number of hydrogen-bond donors (Lipinski definition) is 1. The summed E-state index contributed by atoms with van der Waals surface area (Å²) in [6.07, 6.45) is 1.75. The first-order valence-corrected chi connectivity index (χ1v) is 7.63. The van der Waals surface area contributed by atoms with Gasteiger partial charge in [-0.1, -0.05) is 17.8 Å². The zero-order valence-corrected chi connectivity index (χ0v) is 13.2. The summed E-state index contributed by atoms with van der Waals surface area (Å²) < 4.78 is 14.7. The molecule has 1 aromatic carbocycles. The third kappa shape index (κ3) is 3.94. The SMILES string of the molecule is C=CCn1c(C)nnc1S[C@@H](C)C(=O)Nc1ccc(F)cc1. The highest BCUT2D eigenvalue weighted by atomic mass is 32.2. The topological polar surface area (TPSA) is 59.8 Å². The van der Waals surface area contributed by atoms with Crippen LogP contribution in [0, 0.1) is 12.7 Å². The summed E-state index contributed by atoms with van der Waals surface area (Å²) in [7, 11) is 0. The van der Waals surface area contributed by atoms with E-state index in [-0.39, 0.29) is 17.0 Å². The monoisotopic (exact) mass is 320 g/mol. The van der Waals surface area contributed by atoms with Gasteiger partial charge >= 0.3 is 0 Å². The van der Waals surface area contributed by atoms with Gasteiger partial charge in [0.25, 0.3) is 0 Å². The Balaban J connectivity index is 2.02. The highest BCUT2D eigenvalue weighted by Gasteiger charge is 2.19. The van der Waals surface area contributed by atoms with E-state index < -0.39 is 0 Å². The van der Waals surface area contributed by atoms with E-state index in [1.807, 2.05) is 11.5 Å². The van der Waals surface area contributed by atoms with Gasteiger partial charge in [0.15, 0.2) is 5.16 Å². The first-order valence-electron chi connectivity index (χ1n) is 6.75. The molecule has 0 aliphatic rings. The number of halogens is 1. The van der Waals surface area contributed by atoms with Crippen molar-refractivity contribution in [1.29, 1.82) is 0 Å². The average molecular weight is 320 g/mol. The minimum Gasteiger partial charge on any atom is -0.325 e. The van der Waals surface area contributed by atoms with Crippen molar-refractivity contribution in [1.82, 2.24) is 14.8 Å². The maximum absolute atomic E-state index is 12.8.